The number of hydrogen-bond acceptors (Lipinski definition) is 7. The lowest BCUT2D eigenvalue weighted by atomic mass is 9.99. The summed E-state index contributed by atoms with van der Waals surface area (Å²) >= 11 is 0. The summed E-state index contributed by atoms with van der Waals surface area (Å²) < 4.78 is 12.4. The van der Waals surface area contributed by atoms with Crippen LogP contribution in [0, 0.1) is 12.8 Å². The van der Waals surface area contributed by atoms with E-state index < -0.39 is 13.0 Å². The molecule has 1 aliphatic carbocycles. The van der Waals surface area contributed by atoms with Crippen molar-refractivity contribution < 1.29 is 14.2 Å². The molecule has 0 spiro atoms. The van der Waals surface area contributed by atoms with Gasteiger partial charge in [0.15, 0.2) is 5.69 Å². The van der Waals surface area contributed by atoms with E-state index in [9.17, 15) is 14.2 Å². The summed E-state index contributed by atoms with van der Waals surface area (Å²) in [6, 6.07) is 14.7. The number of aryl methyl sites for hydroxylation is 1. The fraction of sp³-hybridized carbons (Fsp3) is 0.214. The fourth-order valence-corrected chi connectivity index (χ4v) is 4.72. The van der Waals surface area contributed by atoms with Gasteiger partial charge in [0, 0.05) is 34.9 Å². The summed E-state index contributed by atoms with van der Waals surface area (Å²) in [7, 11) is -2.58. The summed E-state index contributed by atoms with van der Waals surface area (Å²) in [6.45, 7) is 5.24. The van der Waals surface area contributed by atoms with E-state index in [1.54, 1.807) is 25.7 Å². The maximum atomic E-state index is 12.9. The van der Waals surface area contributed by atoms with E-state index in [1.807, 2.05) is 49.4 Å². The van der Waals surface area contributed by atoms with Crippen molar-refractivity contribution in [2.75, 3.05) is 24.0 Å². The lowest BCUT2D eigenvalue weighted by Gasteiger charge is -2.12. The van der Waals surface area contributed by atoms with Gasteiger partial charge in [-0.1, -0.05) is 6.07 Å². The number of nitrogens with one attached hydrogen (secondary N) is 2. The molecule has 38 heavy (non-hydrogen) atoms. The first-order chi connectivity index (χ1) is 18.2. The Kier molecular flexibility index (Phi) is 6.87. The van der Waals surface area contributed by atoms with Crippen LogP contribution in [0.4, 0.5) is 11.5 Å². The fourth-order valence-electron chi connectivity index (χ4n) is 3.96. The van der Waals surface area contributed by atoms with Crippen LogP contribution in [0.1, 0.15) is 28.9 Å². The molecule has 0 bridgehead atoms. The van der Waals surface area contributed by atoms with Gasteiger partial charge in [0.25, 0.3) is 5.91 Å². The quantitative estimate of drug-likeness (QED) is 0.333. The number of carbonyl (C=O) groups is 2. The molecule has 1 aliphatic rings. The zero-order valence-corrected chi connectivity index (χ0v) is 22.2. The lowest BCUT2D eigenvalue weighted by molar-refractivity contribution is -0.117. The largest absolute Gasteiger partial charge is 0.321 e. The normalized spacial score (nSPS) is 13.1. The van der Waals surface area contributed by atoms with E-state index >= 15 is 0 Å². The number of amides is 2. The monoisotopic (exact) mass is 526 g/mol. The molecule has 10 heteroatoms. The Bertz CT molecular complexity index is 1600. The van der Waals surface area contributed by atoms with Crippen LogP contribution in [0.2, 0.25) is 0 Å². The second kappa shape index (κ2) is 10.3. The third-order valence-corrected chi connectivity index (χ3v) is 7.80. The molecule has 9 nitrogen and oxygen atoms in total. The molecule has 1 aromatic carbocycles. The van der Waals surface area contributed by atoms with Gasteiger partial charge in [-0.25, -0.2) is 4.98 Å². The molecule has 2 N–H and O–H groups in total. The molecule has 3 aromatic heterocycles. The standard InChI is InChI=1S/C28H27N6O3P/c1-17-4-7-21(32-28(36)25-15-22(16-31-34-25)38(2,3)37)14-23(17)19-8-10-29-24(12-19)20-9-11-30-26(13-20)33-27(35)18-5-6-18/h4,7-16,18H,5-6H2,1-3H3,(H,32,36)(H,30,33,35). The van der Waals surface area contributed by atoms with Crippen molar-refractivity contribution >= 4 is 35.8 Å². The maximum Gasteiger partial charge on any atom is 0.276 e. The topological polar surface area (TPSA) is 127 Å². The second-order valence-electron chi connectivity index (χ2n) is 9.76. The molecule has 4 aromatic rings. The van der Waals surface area contributed by atoms with E-state index in [0.29, 0.717) is 16.8 Å². The molecule has 0 aliphatic heterocycles. The molecule has 0 radical (unpaired) electrons. The third kappa shape index (κ3) is 5.84. The minimum atomic E-state index is -2.58. The van der Waals surface area contributed by atoms with Crippen LogP contribution in [0.5, 0.6) is 0 Å². The first-order valence-electron chi connectivity index (χ1n) is 12.2. The van der Waals surface area contributed by atoms with E-state index in [0.717, 1.165) is 40.8 Å². The molecule has 0 unspecified atom stereocenters. The van der Waals surface area contributed by atoms with Gasteiger partial charge in [-0.15, -0.1) is 5.10 Å². The number of anilines is 2. The Morgan fingerprint density at radius 2 is 1.68 bits per heavy atom. The Labute approximate surface area is 220 Å². The highest BCUT2D eigenvalue weighted by atomic mass is 31.2. The van der Waals surface area contributed by atoms with Crippen molar-refractivity contribution in [1.29, 1.82) is 0 Å². The van der Waals surface area contributed by atoms with Gasteiger partial charge in [0.1, 0.15) is 13.0 Å². The van der Waals surface area contributed by atoms with Crippen molar-refractivity contribution in [1.82, 2.24) is 20.2 Å². The van der Waals surface area contributed by atoms with Gasteiger partial charge in [0.2, 0.25) is 5.91 Å². The highest BCUT2D eigenvalue weighted by molar-refractivity contribution is 7.70. The van der Waals surface area contributed by atoms with Crippen LogP contribution in [-0.2, 0) is 9.36 Å². The summed E-state index contributed by atoms with van der Waals surface area (Å²) in [4.78, 5) is 33.8. The molecule has 192 valence electrons. The van der Waals surface area contributed by atoms with Crippen LogP contribution >= 0.6 is 7.14 Å². The van der Waals surface area contributed by atoms with Crippen molar-refractivity contribution in [3.63, 3.8) is 0 Å². The number of aromatic nitrogens is 4. The molecular weight excluding hydrogens is 499 g/mol. The summed E-state index contributed by atoms with van der Waals surface area (Å²) in [6.07, 6.45) is 6.66. The molecule has 1 fully saturated rings. The summed E-state index contributed by atoms with van der Waals surface area (Å²) in [5.74, 6) is 0.161. The molecule has 5 rings (SSSR count). The molecule has 0 atom stereocenters. The van der Waals surface area contributed by atoms with Crippen LogP contribution in [-0.4, -0.2) is 45.3 Å². The predicted octanol–water partition coefficient (Wildman–Crippen LogP) is 4.76. The van der Waals surface area contributed by atoms with Crippen LogP contribution < -0.4 is 15.9 Å². The Balaban J connectivity index is 1.39. The van der Waals surface area contributed by atoms with Crippen molar-refractivity contribution in [3.8, 4) is 22.4 Å². The smallest absolute Gasteiger partial charge is 0.276 e. The second-order valence-corrected chi connectivity index (χ2v) is 13.0. The molecular formula is C28H27N6O3P. The van der Waals surface area contributed by atoms with Crippen molar-refractivity contribution in [3.05, 3.63) is 78.4 Å². The number of pyridine rings is 2. The van der Waals surface area contributed by atoms with E-state index in [2.05, 4.69) is 30.8 Å². The zero-order chi connectivity index (χ0) is 26.9. The van der Waals surface area contributed by atoms with Crippen molar-refractivity contribution in [2.24, 2.45) is 5.92 Å². The van der Waals surface area contributed by atoms with Gasteiger partial charge in [-0.2, -0.15) is 5.10 Å². The van der Waals surface area contributed by atoms with Crippen LogP contribution in [0.15, 0.2) is 67.1 Å². The highest BCUT2D eigenvalue weighted by Gasteiger charge is 2.29. The maximum absolute atomic E-state index is 12.9. The molecule has 1 saturated carbocycles. The number of rotatable bonds is 7. The lowest BCUT2D eigenvalue weighted by Crippen LogP contribution is -2.18. The van der Waals surface area contributed by atoms with Crippen LogP contribution in [0.3, 0.4) is 0 Å². The van der Waals surface area contributed by atoms with E-state index in [-0.39, 0.29) is 17.5 Å². The minimum absolute atomic E-state index is 0.00181. The predicted molar refractivity (Wildman–Crippen MR) is 148 cm³/mol. The molecule has 2 amide bonds. The van der Waals surface area contributed by atoms with Gasteiger partial charge < -0.3 is 15.2 Å². The Morgan fingerprint density at radius 1 is 0.921 bits per heavy atom. The Hall–Kier alpha value is -4.23. The SMILES string of the molecule is Cc1ccc(NC(=O)c2cc(P(C)(C)=O)cnn2)cc1-c1ccnc(-c2ccnc(NC(=O)C3CC3)c2)c1. The zero-order valence-electron chi connectivity index (χ0n) is 21.3. The van der Waals surface area contributed by atoms with Crippen molar-refractivity contribution in [2.45, 2.75) is 19.8 Å². The molecule has 3 heterocycles. The number of nitrogens with zero attached hydrogens (tertiary/aromatic N) is 4. The van der Waals surface area contributed by atoms with Crippen LogP contribution in [0.25, 0.3) is 22.4 Å². The van der Waals surface area contributed by atoms with E-state index in [1.165, 1.54) is 12.3 Å². The van der Waals surface area contributed by atoms with Gasteiger partial charge in [-0.05, 0) is 92.2 Å². The third-order valence-electron chi connectivity index (χ3n) is 6.32. The van der Waals surface area contributed by atoms with E-state index in [4.69, 9.17) is 0 Å². The van der Waals surface area contributed by atoms with Gasteiger partial charge in [0.05, 0.1) is 11.9 Å². The molecule has 0 saturated heterocycles. The van der Waals surface area contributed by atoms with Gasteiger partial charge >= 0.3 is 0 Å². The number of hydrogen-bond donors (Lipinski definition) is 2. The summed E-state index contributed by atoms with van der Waals surface area (Å²) in [5, 5.41) is 14.0. The average Bonchev–Trinajstić information content (AvgIpc) is 3.75. The minimum Gasteiger partial charge on any atom is -0.321 e. The average molecular weight is 527 g/mol. The Morgan fingerprint density at radius 3 is 2.45 bits per heavy atom. The van der Waals surface area contributed by atoms with Gasteiger partial charge in [-0.3, -0.25) is 14.6 Å². The number of carbonyl (C=O) groups excluding carboxylic acids is 2. The number of benzene rings is 1. The summed E-state index contributed by atoms with van der Waals surface area (Å²) in [5.41, 5.74) is 5.12. The first-order valence-corrected chi connectivity index (χ1v) is 14.8. The highest BCUT2D eigenvalue weighted by Crippen LogP contribution is 2.34. The first kappa shape index (κ1) is 25.4.